The van der Waals surface area contributed by atoms with Gasteiger partial charge in [0.1, 0.15) is 5.82 Å². The van der Waals surface area contributed by atoms with Crippen LogP contribution < -0.4 is 5.73 Å². The van der Waals surface area contributed by atoms with Crippen LogP contribution in [0.15, 0.2) is 18.2 Å². The van der Waals surface area contributed by atoms with Gasteiger partial charge in [-0.05, 0) is 38.3 Å². The van der Waals surface area contributed by atoms with Crippen molar-refractivity contribution >= 4 is 0 Å². The van der Waals surface area contributed by atoms with Gasteiger partial charge < -0.3 is 5.73 Å². The van der Waals surface area contributed by atoms with E-state index in [1.165, 1.54) is 25.3 Å². The molecule has 2 rings (SSSR count). The van der Waals surface area contributed by atoms with Crippen molar-refractivity contribution in [2.24, 2.45) is 5.73 Å². The molecule has 2 N–H and O–H groups in total. The Bertz CT molecular complexity index is 395. The lowest BCUT2D eigenvalue weighted by atomic mass is 9.96. The van der Waals surface area contributed by atoms with E-state index in [0.29, 0.717) is 17.6 Å². The first-order chi connectivity index (χ1) is 8.61. The summed E-state index contributed by atoms with van der Waals surface area (Å²) in [4.78, 5) is 2.51. The smallest absolute Gasteiger partial charge is 0.127 e. The maximum absolute atomic E-state index is 13.4. The van der Waals surface area contributed by atoms with Crippen molar-refractivity contribution in [1.82, 2.24) is 4.90 Å². The molecule has 0 amide bonds. The lowest BCUT2D eigenvalue weighted by Gasteiger charge is -2.39. The molecule has 1 aromatic carbocycles. The molecule has 0 radical (unpaired) electrons. The zero-order valence-corrected chi connectivity index (χ0v) is 11.3. The molecule has 0 spiro atoms. The molecule has 3 heteroatoms. The molecular weight excluding hydrogens is 227 g/mol. The summed E-state index contributed by atoms with van der Waals surface area (Å²) in [7, 11) is 0. The van der Waals surface area contributed by atoms with Gasteiger partial charge in [-0.25, -0.2) is 4.39 Å². The van der Waals surface area contributed by atoms with E-state index in [-0.39, 0.29) is 12.4 Å². The fraction of sp³-hybridized carbons (Fsp3) is 0.600. The first-order valence-corrected chi connectivity index (χ1v) is 6.85. The summed E-state index contributed by atoms with van der Waals surface area (Å²) >= 11 is 0. The van der Waals surface area contributed by atoms with Crippen molar-refractivity contribution in [3.63, 3.8) is 0 Å². The molecule has 18 heavy (non-hydrogen) atoms. The van der Waals surface area contributed by atoms with Crippen molar-refractivity contribution in [1.29, 1.82) is 0 Å². The zero-order chi connectivity index (χ0) is 13.1. The highest BCUT2D eigenvalue weighted by molar-refractivity contribution is 5.25. The van der Waals surface area contributed by atoms with Gasteiger partial charge in [0.15, 0.2) is 0 Å². The molecule has 1 fully saturated rings. The minimum absolute atomic E-state index is 0.194. The van der Waals surface area contributed by atoms with Crippen LogP contribution in [0.5, 0.6) is 0 Å². The Kier molecular flexibility index (Phi) is 4.36. The fourth-order valence-electron chi connectivity index (χ4n) is 2.88. The van der Waals surface area contributed by atoms with Crippen molar-refractivity contribution < 1.29 is 4.39 Å². The summed E-state index contributed by atoms with van der Waals surface area (Å²) in [5, 5.41) is 0. The standard InChI is InChI=1S/C15H23FN2/c1-11-4-3-5-12(2)18(11)10-13-6-7-15(16)14(8-13)9-17/h6-8,11-12H,3-5,9-10,17H2,1-2H3. The molecule has 1 heterocycles. The first kappa shape index (κ1) is 13.5. The normalized spacial score (nSPS) is 25.3. The molecule has 2 nitrogen and oxygen atoms in total. The Labute approximate surface area is 109 Å². The molecule has 1 aliphatic heterocycles. The van der Waals surface area contributed by atoms with Gasteiger partial charge in [-0.15, -0.1) is 0 Å². The monoisotopic (exact) mass is 250 g/mol. The summed E-state index contributed by atoms with van der Waals surface area (Å²) in [5.41, 5.74) is 7.33. The minimum Gasteiger partial charge on any atom is -0.326 e. The van der Waals surface area contributed by atoms with Crippen molar-refractivity contribution in [3.8, 4) is 0 Å². The third-order valence-corrected chi connectivity index (χ3v) is 4.07. The minimum atomic E-state index is -0.194. The van der Waals surface area contributed by atoms with Crippen molar-refractivity contribution in [2.45, 2.75) is 58.3 Å². The predicted molar refractivity (Wildman–Crippen MR) is 72.6 cm³/mol. The molecule has 0 aromatic heterocycles. The van der Waals surface area contributed by atoms with E-state index in [9.17, 15) is 4.39 Å². The van der Waals surface area contributed by atoms with Crippen LogP contribution in [0.1, 0.15) is 44.2 Å². The average molecular weight is 250 g/mol. The van der Waals surface area contributed by atoms with Gasteiger partial charge in [-0.3, -0.25) is 4.90 Å². The maximum atomic E-state index is 13.4. The SMILES string of the molecule is CC1CCCC(C)N1Cc1ccc(F)c(CN)c1. The Morgan fingerprint density at radius 1 is 1.28 bits per heavy atom. The van der Waals surface area contributed by atoms with Gasteiger partial charge in [-0.2, -0.15) is 0 Å². The maximum Gasteiger partial charge on any atom is 0.127 e. The predicted octanol–water partition coefficient (Wildman–Crippen LogP) is 3.05. The number of benzene rings is 1. The van der Waals surface area contributed by atoms with Gasteiger partial charge >= 0.3 is 0 Å². The number of nitrogens with two attached hydrogens (primary N) is 1. The van der Waals surface area contributed by atoms with E-state index < -0.39 is 0 Å². The molecule has 1 saturated heterocycles. The van der Waals surface area contributed by atoms with Crippen LogP contribution in [0.3, 0.4) is 0 Å². The molecule has 2 unspecified atom stereocenters. The van der Waals surface area contributed by atoms with Gasteiger partial charge in [0, 0.05) is 30.7 Å². The number of piperidine rings is 1. The van der Waals surface area contributed by atoms with E-state index in [1.807, 2.05) is 12.1 Å². The second-order valence-electron chi connectivity index (χ2n) is 5.43. The summed E-state index contributed by atoms with van der Waals surface area (Å²) in [6.45, 7) is 5.73. The molecule has 1 aromatic rings. The fourth-order valence-corrected chi connectivity index (χ4v) is 2.88. The van der Waals surface area contributed by atoms with Gasteiger partial charge in [-0.1, -0.05) is 18.6 Å². The third-order valence-electron chi connectivity index (χ3n) is 4.07. The number of likely N-dealkylation sites (tertiary alicyclic amines) is 1. The Balaban J connectivity index is 2.12. The highest BCUT2D eigenvalue weighted by Crippen LogP contribution is 2.25. The Hall–Kier alpha value is -0.930. The van der Waals surface area contributed by atoms with Crippen LogP contribution in [-0.4, -0.2) is 17.0 Å². The van der Waals surface area contributed by atoms with Crippen LogP contribution >= 0.6 is 0 Å². The second-order valence-corrected chi connectivity index (χ2v) is 5.43. The largest absolute Gasteiger partial charge is 0.326 e. The molecule has 0 bridgehead atoms. The van der Waals surface area contributed by atoms with Crippen LogP contribution in [0.4, 0.5) is 4.39 Å². The Morgan fingerprint density at radius 2 is 1.94 bits per heavy atom. The summed E-state index contributed by atoms with van der Waals surface area (Å²) in [5.74, 6) is -0.194. The van der Waals surface area contributed by atoms with E-state index >= 15 is 0 Å². The van der Waals surface area contributed by atoms with Crippen molar-refractivity contribution in [2.75, 3.05) is 0 Å². The summed E-state index contributed by atoms with van der Waals surface area (Å²) < 4.78 is 13.4. The van der Waals surface area contributed by atoms with Gasteiger partial charge in [0.25, 0.3) is 0 Å². The number of hydrogen-bond donors (Lipinski definition) is 1. The molecule has 2 atom stereocenters. The lowest BCUT2D eigenvalue weighted by Crippen LogP contribution is -2.42. The number of hydrogen-bond acceptors (Lipinski definition) is 2. The summed E-state index contributed by atoms with van der Waals surface area (Å²) in [6, 6.07) is 6.54. The second kappa shape index (κ2) is 5.81. The van der Waals surface area contributed by atoms with Crippen molar-refractivity contribution in [3.05, 3.63) is 35.1 Å². The first-order valence-electron chi connectivity index (χ1n) is 6.85. The Morgan fingerprint density at radius 3 is 2.56 bits per heavy atom. The summed E-state index contributed by atoms with van der Waals surface area (Å²) in [6.07, 6.45) is 3.83. The number of halogens is 1. The van der Waals surface area contributed by atoms with E-state index in [0.717, 1.165) is 12.1 Å². The van der Waals surface area contributed by atoms with Crippen LogP contribution in [0.25, 0.3) is 0 Å². The highest BCUT2D eigenvalue weighted by Gasteiger charge is 2.24. The molecule has 1 aliphatic rings. The lowest BCUT2D eigenvalue weighted by molar-refractivity contribution is 0.0952. The number of rotatable bonds is 3. The molecular formula is C15H23FN2. The van der Waals surface area contributed by atoms with Crippen LogP contribution in [0, 0.1) is 5.82 Å². The third kappa shape index (κ3) is 2.90. The topological polar surface area (TPSA) is 29.3 Å². The van der Waals surface area contributed by atoms with E-state index in [2.05, 4.69) is 18.7 Å². The highest BCUT2D eigenvalue weighted by atomic mass is 19.1. The average Bonchev–Trinajstić information content (AvgIpc) is 2.36. The molecule has 0 aliphatic carbocycles. The molecule has 100 valence electrons. The van der Waals surface area contributed by atoms with E-state index in [4.69, 9.17) is 5.73 Å². The molecule has 0 saturated carbocycles. The van der Waals surface area contributed by atoms with E-state index in [1.54, 1.807) is 0 Å². The zero-order valence-electron chi connectivity index (χ0n) is 11.3. The van der Waals surface area contributed by atoms with Gasteiger partial charge in [0.05, 0.1) is 0 Å². The van der Waals surface area contributed by atoms with Gasteiger partial charge in [0.2, 0.25) is 0 Å². The van der Waals surface area contributed by atoms with Crippen LogP contribution in [-0.2, 0) is 13.1 Å². The van der Waals surface area contributed by atoms with Crippen LogP contribution in [0.2, 0.25) is 0 Å². The quantitative estimate of drug-likeness (QED) is 0.893. The number of nitrogens with zero attached hydrogens (tertiary/aromatic N) is 1.